The molecule has 2 rings (SSSR count). The molecule has 1 unspecified atom stereocenters. The Kier molecular flexibility index (Phi) is 5.90. The largest absolute Gasteiger partial charge is 0.466 e. The van der Waals surface area contributed by atoms with E-state index in [9.17, 15) is 13.6 Å². The maximum atomic E-state index is 14.7. The predicted molar refractivity (Wildman–Crippen MR) is 94.2 cm³/mol. The van der Waals surface area contributed by atoms with Crippen molar-refractivity contribution in [3.63, 3.8) is 0 Å². The van der Waals surface area contributed by atoms with Gasteiger partial charge in [0, 0.05) is 11.6 Å². The summed E-state index contributed by atoms with van der Waals surface area (Å²) in [7, 11) is 0. The Morgan fingerprint density at radius 1 is 1.12 bits per heavy atom. The second kappa shape index (κ2) is 7.74. The van der Waals surface area contributed by atoms with Crippen LogP contribution in [0, 0.1) is 32.4 Å². The van der Waals surface area contributed by atoms with Gasteiger partial charge in [-0.25, -0.2) is 8.78 Å². The first kappa shape index (κ1) is 19.1. The van der Waals surface area contributed by atoms with Gasteiger partial charge >= 0.3 is 5.97 Å². The minimum Gasteiger partial charge on any atom is -0.466 e. The van der Waals surface area contributed by atoms with Gasteiger partial charge in [0.25, 0.3) is 0 Å². The van der Waals surface area contributed by atoms with Crippen molar-refractivity contribution >= 4 is 5.97 Å². The fourth-order valence-electron chi connectivity index (χ4n) is 2.87. The van der Waals surface area contributed by atoms with Crippen molar-refractivity contribution in [3.8, 4) is 11.1 Å². The maximum Gasteiger partial charge on any atom is 0.307 e. The van der Waals surface area contributed by atoms with Crippen LogP contribution in [0.15, 0.2) is 24.3 Å². The van der Waals surface area contributed by atoms with Crippen LogP contribution >= 0.6 is 0 Å². The summed E-state index contributed by atoms with van der Waals surface area (Å²) in [5.74, 6) is -1.24. The van der Waals surface area contributed by atoms with Gasteiger partial charge in [0.15, 0.2) is 0 Å². The number of halogens is 2. The maximum absolute atomic E-state index is 14.7. The molecule has 0 saturated heterocycles. The standard InChI is InChI=1S/C20H23F2NO2/c1-5-25-19(24)10-18(23)16-9-15(11(2)12(3)20(16)22)14-7-6-8-17(21)13(14)4/h6-9,18H,5,10,23H2,1-4H3. The molecule has 0 spiro atoms. The molecule has 0 aliphatic heterocycles. The molecule has 2 N–H and O–H groups in total. The van der Waals surface area contributed by atoms with Crippen LogP contribution in [0.25, 0.3) is 11.1 Å². The summed E-state index contributed by atoms with van der Waals surface area (Å²) in [5.41, 5.74) is 9.32. The van der Waals surface area contributed by atoms with Crippen LogP contribution in [0.1, 0.15) is 41.6 Å². The van der Waals surface area contributed by atoms with Crippen LogP contribution in [0.4, 0.5) is 8.78 Å². The molecular weight excluding hydrogens is 324 g/mol. The van der Waals surface area contributed by atoms with Crippen LogP contribution in [-0.2, 0) is 9.53 Å². The molecule has 0 bridgehead atoms. The molecule has 5 heteroatoms. The summed E-state index contributed by atoms with van der Waals surface area (Å²) in [6.07, 6.45) is -0.116. The number of rotatable bonds is 5. The zero-order valence-electron chi connectivity index (χ0n) is 15.0. The molecule has 0 amide bonds. The van der Waals surface area contributed by atoms with Crippen molar-refractivity contribution < 1.29 is 18.3 Å². The highest BCUT2D eigenvalue weighted by Crippen LogP contribution is 2.34. The Hall–Kier alpha value is -2.27. The lowest BCUT2D eigenvalue weighted by Crippen LogP contribution is -2.19. The molecule has 25 heavy (non-hydrogen) atoms. The molecule has 0 saturated carbocycles. The first-order valence-corrected chi connectivity index (χ1v) is 8.24. The second-order valence-corrected chi connectivity index (χ2v) is 6.11. The lowest BCUT2D eigenvalue weighted by Gasteiger charge is -2.19. The van der Waals surface area contributed by atoms with Crippen LogP contribution < -0.4 is 5.73 Å². The van der Waals surface area contributed by atoms with E-state index in [0.717, 1.165) is 5.56 Å². The van der Waals surface area contributed by atoms with Gasteiger partial charge < -0.3 is 10.5 Å². The molecule has 0 aliphatic carbocycles. The number of esters is 1. The third-order valence-corrected chi connectivity index (χ3v) is 4.50. The number of nitrogens with two attached hydrogens (primary N) is 1. The molecule has 134 valence electrons. The smallest absolute Gasteiger partial charge is 0.307 e. The van der Waals surface area contributed by atoms with E-state index in [4.69, 9.17) is 10.5 Å². The number of carbonyl (C=O) groups is 1. The topological polar surface area (TPSA) is 52.3 Å². The Morgan fingerprint density at radius 3 is 2.44 bits per heavy atom. The summed E-state index contributed by atoms with van der Waals surface area (Å²) in [6.45, 7) is 7.07. The van der Waals surface area contributed by atoms with Crippen molar-refractivity contribution in [1.82, 2.24) is 0 Å². The van der Waals surface area contributed by atoms with Crippen molar-refractivity contribution in [3.05, 3.63) is 58.2 Å². The summed E-state index contributed by atoms with van der Waals surface area (Å²) in [5, 5.41) is 0. The van der Waals surface area contributed by atoms with E-state index in [1.807, 2.05) is 0 Å². The highest BCUT2D eigenvalue weighted by molar-refractivity contribution is 5.74. The lowest BCUT2D eigenvalue weighted by atomic mass is 9.89. The van der Waals surface area contributed by atoms with Gasteiger partial charge in [-0.05, 0) is 67.6 Å². The second-order valence-electron chi connectivity index (χ2n) is 6.11. The van der Waals surface area contributed by atoms with E-state index in [1.54, 1.807) is 45.9 Å². The average molecular weight is 347 g/mol. The van der Waals surface area contributed by atoms with E-state index in [1.165, 1.54) is 6.07 Å². The van der Waals surface area contributed by atoms with Gasteiger partial charge in [0.2, 0.25) is 0 Å². The van der Waals surface area contributed by atoms with Gasteiger partial charge in [-0.3, -0.25) is 4.79 Å². The Balaban J connectivity index is 2.55. The normalized spacial score (nSPS) is 12.1. The van der Waals surface area contributed by atoms with Gasteiger partial charge in [0.05, 0.1) is 13.0 Å². The number of carbonyl (C=O) groups excluding carboxylic acids is 1. The number of hydrogen-bond donors (Lipinski definition) is 1. The van der Waals surface area contributed by atoms with Crippen molar-refractivity contribution in [2.75, 3.05) is 6.61 Å². The van der Waals surface area contributed by atoms with E-state index in [2.05, 4.69) is 0 Å². The van der Waals surface area contributed by atoms with Crippen LogP contribution in [0.5, 0.6) is 0 Å². The Morgan fingerprint density at radius 2 is 1.80 bits per heavy atom. The molecule has 2 aromatic carbocycles. The first-order chi connectivity index (χ1) is 11.8. The predicted octanol–water partition coefficient (Wildman–Crippen LogP) is 4.51. The number of hydrogen-bond acceptors (Lipinski definition) is 3. The van der Waals surface area contributed by atoms with E-state index >= 15 is 0 Å². The minimum atomic E-state index is -0.828. The van der Waals surface area contributed by atoms with Crippen molar-refractivity contribution in [1.29, 1.82) is 0 Å². The molecule has 1 atom stereocenters. The third kappa shape index (κ3) is 3.87. The van der Waals surface area contributed by atoms with E-state index in [0.29, 0.717) is 22.3 Å². The van der Waals surface area contributed by atoms with Gasteiger partial charge in [-0.2, -0.15) is 0 Å². The Bertz CT molecular complexity index is 803. The number of benzene rings is 2. The molecule has 0 fully saturated rings. The van der Waals surface area contributed by atoms with Gasteiger partial charge in [-0.15, -0.1) is 0 Å². The fourth-order valence-corrected chi connectivity index (χ4v) is 2.87. The summed E-state index contributed by atoms with van der Waals surface area (Å²) >= 11 is 0. The van der Waals surface area contributed by atoms with Crippen LogP contribution in [0.2, 0.25) is 0 Å². The van der Waals surface area contributed by atoms with Crippen LogP contribution in [0.3, 0.4) is 0 Å². The highest BCUT2D eigenvalue weighted by Gasteiger charge is 2.21. The molecule has 0 radical (unpaired) electrons. The summed E-state index contributed by atoms with van der Waals surface area (Å²) < 4.78 is 33.5. The zero-order chi connectivity index (χ0) is 18.7. The number of ether oxygens (including phenoxy) is 1. The lowest BCUT2D eigenvalue weighted by molar-refractivity contribution is -0.143. The monoisotopic (exact) mass is 347 g/mol. The van der Waals surface area contributed by atoms with Crippen molar-refractivity contribution in [2.24, 2.45) is 5.73 Å². The summed E-state index contributed by atoms with van der Waals surface area (Å²) in [6, 6.07) is 5.58. The minimum absolute atomic E-state index is 0.116. The van der Waals surface area contributed by atoms with E-state index < -0.39 is 17.8 Å². The Labute approximate surface area is 146 Å². The zero-order valence-corrected chi connectivity index (χ0v) is 15.0. The molecule has 0 aromatic heterocycles. The SMILES string of the molecule is CCOC(=O)CC(N)c1cc(-c2cccc(F)c2C)c(C)c(C)c1F. The third-order valence-electron chi connectivity index (χ3n) is 4.50. The molecule has 0 aliphatic rings. The summed E-state index contributed by atoms with van der Waals surface area (Å²) in [4.78, 5) is 11.7. The average Bonchev–Trinajstić information content (AvgIpc) is 2.56. The molecular formula is C20H23F2NO2. The van der Waals surface area contributed by atoms with Gasteiger partial charge in [-0.1, -0.05) is 12.1 Å². The van der Waals surface area contributed by atoms with Gasteiger partial charge in [0.1, 0.15) is 11.6 Å². The quantitative estimate of drug-likeness (QED) is 0.810. The van der Waals surface area contributed by atoms with Crippen LogP contribution in [-0.4, -0.2) is 12.6 Å². The van der Waals surface area contributed by atoms with Crippen molar-refractivity contribution in [2.45, 2.75) is 40.2 Å². The molecule has 2 aromatic rings. The molecule has 0 heterocycles. The van der Waals surface area contributed by atoms with E-state index in [-0.39, 0.29) is 24.4 Å². The highest BCUT2D eigenvalue weighted by atomic mass is 19.1. The first-order valence-electron chi connectivity index (χ1n) is 8.24. The fraction of sp³-hybridized carbons (Fsp3) is 0.350. The molecule has 3 nitrogen and oxygen atoms in total.